The molecule has 1 aliphatic rings. The van der Waals surface area contributed by atoms with Crippen molar-refractivity contribution in [1.29, 1.82) is 0 Å². The molecule has 18 heavy (non-hydrogen) atoms. The van der Waals surface area contributed by atoms with Gasteiger partial charge in [-0.1, -0.05) is 6.07 Å². The number of rotatable bonds is 4. The van der Waals surface area contributed by atoms with Gasteiger partial charge in [0.05, 0.1) is 6.10 Å². The molecule has 1 aliphatic heterocycles. The minimum Gasteiger partial charge on any atom is -0.454 e. The molecule has 1 unspecified atom stereocenters. The second-order valence-corrected chi connectivity index (χ2v) is 4.10. The van der Waals surface area contributed by atoms with E-state index < -0.39 is 6.10 Å². The van der Waals surface area contributed by atoms with Crippen molar-refractivity contribution in [2.24, 2.45) is 0 Å². The van der Waals surface area contributed by atoms with Gasteiger partial charge in [-0.25, -0.2) is 4.79 Å². The molecule has 1 heterocycles. The van der Waals surface area contributed by atoms with Crippen LogP contribution < -0.4 is 20.1 Å². The molecule has 0 aromatic heterocycles. The van der Waals surface area contributed by atoms with Gasteiger partial charge in [0, 0.05) is 13.1 Å². The molecule has 0 aliphatic carbocycles. The Morgan fingerprint density at radius 1 is 1.39 bits per heavy atom. The van der Waals surface area contributed by atoms with Crippen molar-refractivity contribution >= 4 is 6.03 Å². The van der Waals surface area contributed by atoms with Crippen molar-refractivity contribution in [3.8, 4) is 11.5 Å². The van der Waals surface area contributed by atoms with Crippen molar-refractivity contribution in [2.75, 3.05) is 13.3 Å². The van der Waals surface area contributed by atoms with Crippen LogP contribution in [0.4, 0.5) is 4.79 Å². The van der Waals surface area contributed by atoms with Crippen molar-refractivity contribution in [3.05, 3.63) is 23.8 Å². The molecule has 2 rings (SSSR count). The molecule has 6 nitrogen and oxygen atoms in total. The van der Waals surface area contributed by atoms with Crippen LogP contribution in [-0.4, -0.2) is 30.6 Å². The van der Waals surface area contributed by atoms with Crippen LogP contribution in [0.5, 0.6) is 11.5 Å². The van der Waals surface area contributed by atoms with Crippen molar-refractivity contribution in [1.82, 2.24) is 10.6 Å². The lowest BCUT2D eigenvalue weighted by molar-refractivity contribution is 0.174. The van der Waals surface area contributed by atoms with Crippen LogP contribution in [0.25, 0.3) is 0 Å². The number of urea groups is 1. The predicted molar refractivity (Wildman–Crippen MR) is 64.5 cm³/mol. The number of aliphatic hydroxyl groups excluding tert-OH is 1. The van der Waals surface area contributed by atoms with Gasteiger partial charge in [-0.2, -0.15) is 0 Å². The van der Waals surface area contributed by atoms with E-state index in [2.05, 4.69) is 10.6 Å². The highest BCUT2D eigenvalue weighted by Gasteiger charge is 2.13. The van der Waals surface area contributed by atoms with E-state index in [9.17, 15) is 4.79 Å². The molecule has 1 atom stereocenters. The van der Waals surface area contributed by atoms with E-state index in [0.717, 1.165) is 11.3 Å². The first-order valence-electron chi connectivity index (χ1n) is 5.73. The molecule has 1 aromatic rings. The first kappa shape index (κ1) is 12.5. The zero-order chi connectivity index (χ0) is 13.0. The summed E-state index contributed by atoms with van der Waals surface area (Å²) in [6.45, 7) is 2.47. The summed E-state index contributed by atoms with van der Waals surface area (Å²) < 4.78 is 10.4. The quantitative estimate of drug-likeness (QED) is 0.733. The highest BCUT2D eigenvalue weighted by atomic mass is 16.7. The molecule has 3 N–H and O–H groups in total. The molecule has 6 heteroatoms. The highest BCUT2D eigenvalue weighted by molar-refractivity contribution is 5.73. The van der Waals surface area contributed by atoms with Crippen molar-refractivity contribution < 1.29 is 19.4 Å². The third kappa shape index (κ3) is 3.27. The average Bonchev–Trinajstić information content (AvgIpc) is 2.81. The van der Waals surface area contributed by atoms with Gasteiger partial charge in [-0.3, -0.25) is 0 Å². The molecule has 2 amide bonds. The number of fused-ring (bicyclic) bond motifs is 1. The molecule has 98 valence electrons. The summed E-state index contributed by atoms with van der Waals surface area (Å²) in [6.07, 6.45) is -0.554. The average molecular weight is 252 g/mol. The number of nitrogens with one attached hydrogen (secondary N) is 2. The van der Waals surface area contributed by atoms with Gasteiger partial charge in [0.25, 0.3) is 0 Å². The number of hydrogen-bond donors (Lipinski definition) is 3. The van der Waals surface area contributed by atoms with Crippen LogP contribution in [0.2, 0.25) is 0 Å². The summed E-state index contributed by atoms with van der Waals surface area (Å²) in [5.41, 5.74) is 0.923. The lowest BCUT2D eigenvalue weighted by atomic mass is 10.2. The van der Waals surface area contributed by atoms with Crippen LogP contribution in [0, 0.1) is 0 Å². The first-order chi connectivity index (χ1) is 8.65. The summed E-state index contributed by atoms with van der Waals surface area (Å²) in [5.74, 6) is 1.41. The number of carbonyl (C=O) groups is 1. The van der Waals surface area contributed by atoms with Crippen LogP contribution in [-0.2, 0) is 6.54 Å². The standard InChI is InChI=1S/C12H16N2O4/c1-8(15)5-13-12(16)14-6-9-2-3-10-11(4-9)18-7-17-10/h2-4,8,15H,5-7H2,1H3,(H2,13,14,16). The Morgan fingerprint density at radius 2 is 2.17 bits per heavy atom. The Bertz CT molecular complexity index is 434. The molecule has 0 bridgehead atoms. The summed E-state index contributed by atoms with van der Waals surface area (Å²) in [7, 11) is 0. The fraction of sp³-hybridized carbons (Fsp3) is 0.417. The maximum atomic E-state index is 11.4. The van der Waals surface area contributed by atoms with Crippen molar-refractivity contribution in [2.45, 2.75) is 19.6 Å². The van der Waals surface area contributed by atoms with Gasteiger partial charge in [0.15, 0.2) is 11.5 Å². The highest BCUT2D eigenvalue weighted by Crippen LogP contribution is 2.32. The van der Waals surface area contributed by atoms with E-state index in [1.54, 1.807) is 6.92 Å². The topological polar surface area (TPSA) is 79.8 Å². The number of carbonyl (C=O) groups excluding carboxylic acids is 1. The number of hydrogen-bond acceptors (Lipinski definition) is 4. The van der Waals surface area contributed by atoms with Gasteiger partial charge in [0.2, 0.25) is 6.79 Å². The predicted octanol–water partition coefficient (Wildman–Crippen LogP) is 0.595. The van der Waals surface area contributed by atoms with E-state index in [0.29, 0.717) is 12.3 Å². The third-order valence-electron chi connectivity index (χ3n) is 2.45. The van der Waals surface area contributed by atoms with Crippen LogP contribution in [0.1, 0.15) is 12.5 Å². The summed E-state index contributed by atoms with van der Waals surface area (Å²) in [6, 6.07) is 5.20. The van der Waals surface area contributed by atoms with Gasteiger partial charge < -0.3 is 25.2 Å². The van der Waals surface area contributed by atoms with E-state index in [4.69, 9.17) is 14.6 Å². The Hall–Kier alpha value is -1.95. The fourth-order valence-electron chi connectivity index (χ4n) is 1.54. The smallest absolute Gasteiger partial charge is 0.315 e. The van der Waals surface area contributed by atoms with Crippen molar-refractivity contribution in [3.63, 3.8) is 0 Å². The molecule has 1 aromatic carbocycles. The Labute approximate surface area is 105 Å². The largest absolute Gasteiger partial charge is 0.454 e. The Kier molecular flexibility index (Phi) is 3.88. The molecule has 0 fully saturated rings. The van der Waals surface area contributed by atoms with Crippen LogP contribution in [0.3, 0.4) is 0 Å². The van der Waals surface area contributed by atoms with Crippen LogP contribution >= 0.6 is 0 Å². The normalized spacial score (nSPS) is 14.1. The Morgan fingerprint density at radius 3 is 2.94 bits per heavy atom. The molecular formula is C12H16N2O4. The van der Waals surface area contributed by atoms with E-state index in [1.165, 1.54) is 0 Å². The number of amides is 2. The lowest BCUT2D eigenvalue weighted by Crippen LogP contribution is -2.38. The SMILES string of the molecule is CC(O)CNC(=O)NCc1ccc2c(c1)OCO2. The van der Waals surface area contributed by atoms with Gasteiger partial charge in [-0.15, -0.1) is 0 Å². The van der Waals surface area contributed by atoms with Gasteiger partial charge >= 0.3 is 6.03 Å². The number of aliphatic hydroxyl groups is 1. The van der Waals surface area contributed by atoms with Gasteiger partial charge in [0.1, 0.15) is 0 Å². The monoisotopic (exact) mass is 252 g/mol. The molecular weight excluding hydrogens is 236 g/mol. The summed E-state index contributed by atoms with van der Waals surface area (Å²) in [4.78, 5) is 11.4. The van der Waals surface area contributed by atoms with E-state index in [-0.39, 0.29) is 19.4 Å². The summed E-state index contributed by atoms with van der Waals surface area (Å²) in [5, 5.41) is 14.3. The van der Waals surface area contributed by atoms with E-state index >= 15 is 0 Å². The minimum absolute atomic E-state index is 0.229. The van der Waals surface area contributed by atoms with E-state index in [1.807, 2.05) is 18.2 Å². The van der Waals surface area contributed by atoms with Gasteiger partial charge in [-0.05, 0) is 24.6 Å². The Balaban J connectivity index is 1.81. The maximum Gasteiger partial charge on any atom is 0.315 e. The molecule has 0 spiro atoms. The number of ether oxygens (including phenoxy) is 2. The zero-order valence-corrected chi connectivity index (χ0v) is 10.1. The first-order valence-corrected chi connectivity index (χ1v) is 5.73. The molecule has 0 saturated heterocycles. The third-order valence-corrected chi connectivity index (χ3v) is 2.45. The zero-order valence-electron chi connectivity index (χ0n) is 10.1. The second kappa shape index (κ2) is 5.59. The number of benzene rings is 1. The lowest BCUT2D eigenvalue weighted by Gasteiger charge is -2.09. The fourth-order valence-corrected chi connectivity index (χ4v) is 1.54. The molecule has 0 radical (unpaired) electrons. The second-order valence-electron chi connectivity index (χ2n) is 4.10. The summed E-state index contributed by atoms with van der Waals surface area (Å²) >= 11 is 0. The van der Waals surface area contributed by atoms with Crippen LogP contribution in [0.15, 0.2) is 18.2 Å². The molecule has 0 saturated carbocycles. The minimum atomic E-state index is -0.554. The maximum absolute atomic E-state index is 11.4.